The molecule has 0 aliphatic heterocycles. The molecular weight excluding hydrogens is 252 g/mol. The van der Waals surface area contributed by atoms with Gasteiger partial charge in [0.1, 0.15) is 17.8 Å². The summed E-state index contributed by atoms with van der Waals surface area (Å²) in [5.41, 5.74) is 2.10. The van der Waals surface area contributed by atoms with Crippen LogP contribution in [0.1, 0.15) is 31.9 Å². The topological polar surface area (TPSA) is 57.5 Å². The van der Waals surface area contributed by atoms with Crippen LogP contribution in [0.15, 0.2) is 48.5 Å². The van der Waals surface area contributed by atoms with E-state index in [1.807, 2.05) is 24.3 Å². The van der Waals surface area contributed by atoms with Crippen molar-refractivity contribution in [2.24, 2.45) is 0 Å². The van der Waals surface area contributed by atoms with E-state index in [0.717, 1.165) is 17.4 Å². The van der Waals surface area contributed by atoms with Crippen molar-refractivity contribution >= 4 is 6.29 Å². The highest BCUT2D eigenvalue weighted by atomic mass is 16.3. The summed E-state index contributed by atoms with van der Waals surface area (Å²) in [5, 5.41) is 18.6. The van der Waals surface area contributed by atoms with Crippen LogP contribution in [-0.4, -0.2) is 16.5 Å². The molecule has 0 unspecified atom stereocenters. The van der Waals surface area contributed by atoms with Crippen LogP contribution in [-0.2, 0) is 10.2 Å². The van der Waals surface area contributed by atoms with Crippen LogP contribution in [0.5, 0.6) is 11.5 Å². The molecule has 0 saturated carbocycles. The third-order valence-electron chi connectivity index (χ3n) is 3.18. The van der Waals surface area contributed by atoms with Gasteiger partial charge in [-0.15, -0.1) is 0 Å². The Labute approximate surface area is 119 Å². The van der Waals surface area contributed by atoms with Crippen molar-refractivity contribution in [2.75, 3.05) is 0 Å². The Bertz CT molecular complexity index is 492. The number of rotatable bonds is 2. The van der Waals surface area contributed by atoms with Crippen LogP contribution in [0, 0.1) is 0 Å². The lowest BCUT2D eigenvalue weighted by Gasteiger charge is -2.26. The summed E-state index contributed by atoms with van der Waals surface area (Å²) in [4.78, 5) is 8.81. The summed E-state index contributed by atoms with van der Waals surface area (Å²) >= 11 is 0. The Morgan fingerprint density at radius 1 is 0.800 bits per heavy atom. The molecule has 0 heterocycles. The minimum absolute atomic E-state index is 0.151. The van der Waals surface area contributed by atoms with E-state index in [1.54, 1.807) is 24.3 Å². The average Bonchev–Trinajstić information content (AvgIpc) is 2.40. The standard InChI is InChI=1S/C15H16O2.C2H4O/c1-15(2,11-3-7-13(16)8-4-11)12-5-9-14(17)10-6-12;1-2-3/h3-10,16-17H,1-2H3;2H,1H3. The maximum Gasteiger partial charge on any atom is 0.116 e. The molecule has 0 spiro atoms. The first-order valence-electron chi connectivity index (χ1n) is 6.40. The number of phenolic OH excluding ortho intramolecular Hbond substituents is 2. The number of phenols is 2. The van der Waals surface area contributed by atoms with Gasteiger partial charge in [-0.3, -0.25) is 0 Å². The summed E-state index contributed by atoms with van der Waals surface area (Å²) < 4.78 is 0. The fourth-order valence-corrected chi connectivity index (χ4v) is 1.92. The van der Waals surface area contributed by atoms with Crippen molar-refractivity contribution < 1.29 is 15.0 Å². The smallest absolute Gasteiger partial charge is 0.116 e. The van der Waals surface area contributed by atoms with Gasteiger partial charge in [0.15, 0.2) is 0 Å². The molecule has 20 heavy (non-hydrogen) atoms. The molecule has 0 saturated heterocycles. The van der Waals surface area contributed by atoms with Gasteiger partial charge in [0.05, 0.1) is 0 Å². The zero-order chi connectivity index (χ0) is 15.2. The van der Waals surface area contributed by atoms with Crippen molar-refractivity contribution in [1.29, 1.82) is 0 Å². The molecule has 106 valence electrons. The molecule has 0 aliphatic rings. The van der Waals surface area contributed by atoms with Crippen molar-refractivity contribution in [3.8, 4) is 11.5 Å². The number of aldehydes is 1. The number of aromatic hydroxyl groups is 2. The maximum atomic E-state index is 9.30. The van der Waals surface area contributed by atoms with E-state index in [4.69, 9.17) is 4.79 Å². The van der Waals surface area contributed by atoms with E-state index in [-0.39, 0.29) is 16.9 Å². The molecule has 2 N–H and O–H groups in total. The van der Waals surface area contributed by atoms with Gasteiger partial charge in [-0.05, 0) is 42.3 Å². The van der Waals surface area contributed by atoms with Crippen molar-refractivity contribution in [3.05, 3.63) is 59.7 Å². The molecule has 0 aliphatic carbocycles. The van der Waals surface area contributed by atoms with Gasteiger partial charge in [-0.2, -0.15) is 0 Å². The minimum atomic E-state index is -0.151. The maximum absolute atomic E-state index is 9.30. The zero-order valence-corrected chi connectivity index (χ0v) is 12.0. The monoisotopic (exact) mass is 272 g/mol. The first-order valence-corrected chi connectivity index (χ1v) is 6.40. The Morgan fingerprint density at radius 3 is 1.30 bits per heavy atom. The third kappa shape index (κ3) is 3.85. The van der Waals surface area contributed by atoms with E-state index in [1.165, 1.54) is 6.92 Å². The van der Waals surface area contributed by atoms with E-state index >= 15 is 0 Å². The highest BCUT2D eigenvalue weighted by Crippen LogP contribution is 2.32. The van der Waals surface area contributed by atoms with Gasteiger partial charge in [0, 0.05) is 5.41 Å². The van der Waals surface area contributed by atoms with Gasteiger partial charge in [-0.25, -0.2) is 0 Å². The van der Waals surface area contributed by atoms with Crippen molar-refractivity contribution in [3.63, 3.8) is 0 Å². The second-order valence-corrected chi connectivity index (χ2v) is 4.95. The first kappa shape index (κ1) is 15.8. The Kier molecular flexibility index (Phi) is 5.32. The molecule has 2 aromatic rings. The number of hydrogen-bond donors (Lipinski definition) is 2. The Hall–Kier alpha value is -2.29. The lowest BCUT2D eigenvalue weighted by atomic mass is 9.78. The first-order chi connectivity index (χ1) is 9.41. The largest absolute Gasteiger partial charge is 0.508 e. The second-order valence-electron chi connectivity index (χ2n) is 4.95. The molecular formula is C17H20O3. The predicted octanol–water partition coefficient (Wildman–Crippen LogP) is 3.63. The molecule has 2 rings (SSSR count). The van der Waals surface area contributed by atoms with Crippen LogP contribution in [0.25, 0.3) is 0 Å². The molecule has 3 heteroatoms. The fraction of sp³-hybridized carbons (Fsp3) is 0.235. The molecule has 0 radical (unpaired) electrons. The lowest BCUT2D eigenvalue weighted by Crippen LogP contribution is -2.18. The van der Waals surface area contributed by atoms with E-state index in [0.29, 0.717) is 0 Å². The molecule has 0 fully saturated rings. The molecule has 0 bridgehead atoms. The lowest BCUT2D eigenvalue weighted by molar-refractivity contribution is -0.106. The van der Waals surface area contributed by atoms with Crippen LogP contribution in [0.4, 0.5) is 0 Å². The summed E-state index contributed by atoms with van der Waals surface area (Å²) in [6, 6.07) is 14.4. The van der Waals surface area contributed by atoms with Crippen molar-refractivity contribution in [1.82, 2.24) is 0 Å². The van der Waals surface area contributed by atoms with Gasteiger partial charge in [-0.1, -0.05) is 38.1 Å². The summed E-state index contributed by atoms with van der Waals surface area (Å²) in [6.45, 7) is 5.68. The number of carbonyl (C=O) groups is 1. The average molecular weight is 272 g/mol. The summed E-state index contributed by atoms with van der Waals surface area (Å²) in [7, 11) is 0. The van der Waals surface area contributed by atoms with Crippen molar-refractivity contribution in [2.45, 2.75) is 26.2 Å². The summed E-state index contributed by atoms with van der Waals surface area (Å²) in [5.74, 6) is 0.547. The van der Waals surface area contributed by atoms with Gasteiger partial charge in [0.2, 0.25) is 0 Å². The Morgan fingerprint density at radius 2 is 1.05 bits per heavy atom. The van der Waals surface area contributed by atoms with Gasteiger partial charge in [0.25, 0.3) is 0 Å². The highest BCUT2D eigenvalue weighted by Gasteiger charge is 2.22. The molecule has 3 nitrogen and oxygen atoms in total. The molecule has 0 aromatic heterocycles. The Balaban J connectivity index is 0.000000612. The molecule has 2 aromatic carbocycles. The van der Waals surface area contributed by atoms with Crippen LogP contribution in [0.2, 0.25) is 0 Å². The second kappa shape index (κ2) is 6.75. The van der Waals surface area contributed by atoms with E-state index in [2.05, 4.69) is 13.8 Å². The highest BCUT2D eigenvalue weighted by molar-refractivity contribution is 5.44. The van der Waals surface area contributed by atoms with Crippen LogP contribution < -0.4 is 0 Å². The zero-order valence-electron chi connectivity index (χ0n) is 12.0. The van der Waals surface area contributed by atoms with Gasteiger partial charge < -0.3 is 15.0 Å². The SMILES string of the molecule is CC(C)(c1ccc(O)cc1)c1ccc(O)cc1.CC=O. The van der Waals surface area contributed by atoms with E-state index in [9.17, 15) is 10.2 Å². The molecule has 0 atom stereocenters. The molecule has 0 amide bonds. The predicted molar refractivity (Wildman–Crippen MR) is 80.1 cm³/mol. The van der Waals surface area contributed by atoms with Gasteiger partial charge >= 0.3 is 0 Å². The van der Waals surface area contributed by atoms with E-state index < -0.39 is 0 Å². The summed E-state index contributed by atoms with van der Waals surface area (Å²) in [6.07, 6.45) is 0.750. The quantitative estimate of drug-likeness (QED) is 0.821. The fourth-order valence-electron chi connectivity index (χ4n) is 1.92. The third-order valence-corrected chi connectivity index (χ3v) is 3.18. The normalized spacial score (nSPS) is 10.3. The van der Waals surface area contributed by atoms with Crippen LogP contribution >= 0.6 is 0 Å². The number of carbonyl (C=O) groups excluding carboxylic acids is 1. The number of hydrogen-bond acceptors (Lipinski definition) is 3. The van der Waals surface area contributed by atoms with Crippen LogP contribution in [0.3, 0.4) is 0 Å². The number of benzene rings is 2. The minimum Gasteiger partial charge on any atom is -0.508 e.